The van der Waals surface area contributed by atoms with E-state index in [4.69, 9.17) is 0 Å². The summed E-state index contributed by atoms with van der Waals surface area (Å²) in [5.41, 5.74) is 0. The number of hydrogen-bond donors (Lipinski definition) is 0. The van der Waals surface area contributed by atoms with Gasteiger partial charge in [-0.3, -0.25) is 0 Å². The van der Waals surface area contributed by atoms with Crippen molar-refractivity contribution < 1.29 is 0 Å². The van der Waals surface area contributed by atoms with Crippen LogP contribution >= 0.6 is 0 Å². The van der Waals surface area contributed by atoms with Gasteiger partial charge in [0.05, 0.1) is 0 Å². The van der Waals surface area contributed by atoms with Gasteiger partial charge in [0.15, 0.2) is 0 Å². The highest BCUT2D eigenvalue weighted by Crippen LogP contribution is 2.10. The van der Waals surface area contributed by atoms with E-state index in [2.05, 4.69) is 25.7 Å². The molecule has 0 radical (unpaired) electrons. The van der Waals surface area contributed by atoms with Crippen molar-refractivity contribution in [3.05, 3.63) is 37.0 Å². The molecule has 0 saturated heterocycles. The molecule has 0 nitrogen and oxygen atoms in total. The van der Waals surface area contributed by atoms with E-state index in [1.807, 2.05) is 18.2 Å². The average Bonchev–Trinajstić information content (AvgIpc) is 2.35. The van der Waals surface area contributed by atoms with Gasteiger partial charge in [-0.2, -0.15) is 0 Å². The molecule has 0 atom stereocenters. The van der Waals surface area contributed by atoms with Crippen LogP contribution in [0.2, 0.25) is 0 Å². The van der Waals surface area contributed by atoms with Crippen molar-refractivity contribution in [2.45, 2.75) is 71.1 Å². The Kier molecular flexibility index (Phi) is 14.5. The summed E-state index contributed by atoms with van der Waals surface area (Å²) in [6.07, 6.45) is 24.1. The number of hydrogen-bond acceptors (Lipinski definition) is 0. The zero-order valence-electron chi connectivity index (χ0n) is 11.7. The first-order valence-corrected chi connectivity index (χ1v) is 7.36. The van der Waals surface area contributed by atoms with Gasteiger partial charge < -0.3 is 0 Å². The fraction of sp³-hybridized carbons (Fsp3) is 0.647. The van der Waals surface area contributed by atoms with E-state index in [0.717, 1.165) is 0 Å². The predicted molar refractivity (Wildman–Crippen MR) is 80.3 cm³/mol. The second kappa shape index (κ2) is 15.2. The lowest BCUT2D eigenvalue weighted by atomic mass is 10.1. The maximum Gasteiger partial charge on any atom is -0.0348 e. The summed E-state index contributed by atoms with van der Waals surface area (Å²) in [6, 6.07) is 0. The molecule has 98 valence electrons. The molecule has 0 aromatic rings. The predicted octanol–water partition coefficient (Wildman–Crippen LogP) is 6.21. The summed E-state index contributed by atoms with van der Waals surface area (Å²) in [4.78, 5) is 0. The molecule has 0 spiro atoms. The van der Waals surface area contributed by atoms with Gasteiger partial charge in [0, 0.05) is 0 Å². The van der Waals surface area contributed by atoms with Crippen LogP contribution in [0.3, 0.4) is 0 Å². The molecule has 0 fully saturated rings. The highest BCUT2D eigenvalue weighted by molar-refractivity contribution is 5.08. The minimum absolute atomic E-state index is 1.22. The highest BCUT2D eigenvalue weighted by atomic mass is 14.0. The van der Waals surface area contributed by atoms with Crippen molar-refractivity contribution in [2.24, 2.45) is 0 Å². The Hall–Kier alpha value is -0.780. The van der Waals surface area contributed by atoms with Crippen LogP contribution in [0, 0.1) is 0 Å². The zero-order valence-corrected chi connectivity index (χ0v) is 11.7. The number of unbranched alkanes of at least 4 members (excludes halogenated alkanes) is 9. The van der Waals surface area contributed by atoms with Crippen LogP contribution < -0.4 is 0 Å². The van der Waals surface area contributed by atoms with Crippen LogP contribution in [-0.2, 0) is 0 Å². The summed E-state index contributed by atoms with van der Waals surface area (Å²) < 4.78 is 0. The molecule has 0 amide bonds. The minimum atomic E-state index is 1.22. The van der Waals surface area contributed by atoms with Crippen molar-refractivity contribution in [3.8, 4) is 0 Å². The van der Waals surface area contributed by atoms with Gasteiger partial charge in [-0.1, -0.05) is 95.2 Å². The van der Waals surface area contributed by atoms with Crippen molar-refractivity contribution >= 4 is 0 Å². The largest absolute Gasteiger partial charge is 0.0991 e. The van der Waals surface area contributed by atoms with Crippen LogP contribution in [0.5, 0.6) is 0 Å². The smallest absolute Gasteiger partial charge is 0.0348 e. The fourth-order valence-corrected chi connectivity index (χ4v) is 1.89. The monoisotopic (exact) mass is 234 g/mol. The van der Waals surface area contributed by atoms with Gasteiger partial charge in [0.25, 0.3) is 0 Å². The SMILES string of the molecule is C=C/C=C/C=C\CCCCCCCCCCC. The maximum absolute atomic E-state index is 3.63. The van der Waals surface area contributed by atoms with Gasteiger partial charge >= 0.3 is 0 Å². The molecule has 17 heavy (non-hydrogen) atoms. The van der Waals surface area contributed by atoms with Crippen LogP contribution in [0.25, 0.3) is 0 Å². The summed E-state index contributed by atoms with van der Waals surface area (Å²) in [7, 11) is 0. The molecule has 0 rings (SSSR count). The quantitative estimate of drug-likeness (QED) is 0.278. The van der Waals surface area contributed by atoms with E-state index in [9.17, 15) is 0 Å². The molecule has 0 saturated carbocycles. The first-order chi connectivity index (χ1) is 8.41. The molecule has 0 heteroatoms. The molecule has 0 unspecified atom stereocenters. The number of rotatable bonds is 12. The molecule has 0 N–H and O–H groups in total. The summed E-state index contributed by atoms with van der Waals surface area (Å²) in [6.45, 7) is 5.91. The normalized spacial score (nSPS) is 11.6. The lowest BCUT2D eigenvalue weighted by Crippen LogP contribution is -1.80. The van der Waals surface area contributed by atoms with Crippen LogP contribution in [-0.4, -0.2) is 0 Å². The molecule has 0 aliphatic carbocycles. The summed E-state index contributed by atoms with van der Waals surface area (Å²) in [5.74, 6) is 0. The third-order valence-corrected chi connectivity index (χ3v) is 2.97. The molecule has 0 aliphatic heterocycles. The Balaban J connectivity index is 3.05. The minimum Gasteiger partial charge on any atom is -0.0991 e. The Labute approximate surface area is 109 Å². The third kappa shape index (κ3) is 15.2. The molecule has 0 heterocycles. The van der Waals surface area contributed by atoms with Crippen molar-refractivity contribution in [3.63, 3.8) is 0 Å². The maximum atomic E-state index is 3.63. The molecular weight excluding hydrogens is 204 g/mol. The van der Waals surface area contributed by atoms with E-state index in [0.29, 0.717) is 0 Å². The van der Waals surface area contributed by atoms with Gasteiger partial charge in [-0.05, 0) is 12.8 Å². The standard InChI is InChI=1S/C17H30/c1-3-5-7-9-11-13-15-17-16-14-12-10-8-6-4-2/h3,5,7,9,11H,1,4,6,8,10,12-17H2,2H3/b7-5+,11-9-. The van der Waals surface area contributed by atoms with Crippen LogP contribution in [0.1, 0.15) is 71.1 Å². The third-order valence-electron chi connectivity index (χ3n) is 2.97. The molecular formula is C17H30. The first-order valence-electron chi connectivity index (χ1n) is 7.36. The second-order valence-corrected chi connectivity index (χ2v) is 4.67. The van der Waals surface area contributed by atoms with E-state index in [1.165, 1.54) is 64.2 Å². The van der Waals surface area contributed by atoms with Gasteiger partial charge in [-0.15, -0.1) is 0 Å². The van der Waals surface area contributed by atoms with E-state index in [1.54, 1.807) is 0 Å². The molecule has 0 aromatic carbocycles. The van der Waals surface area contributed by atoms with E-state index in [-0.39, 0.29) is 0 Å². The van der Waals surface area contributed by atoms with Crippen molar-refractivity contribution in [1.82, 2.24) is 0 Å². The summed E-state index contributed by atoms with van der Waals surface area (Å²) in [5, 5.41) is 0. The fourth-order valence-electron chi connectivity index (χ4n) is 1.89. The second-order valence-electron chi connectivity index (χ2n) is 4.67. The van der Waals surface area contributed by atoms with Crippen molar-refractivity contribution in [2.75, 3.05) is 0 Å². The van der Waals surface area contributed by atoms with Gasteiger partial charge in [0.2, 0.25) is 0 Å². The molecule has 0 aromatic heterocycles. The van der Waals surface area contributed by atoms with Crippen LogP contribution in [0.15, 0.2) is 37.0 Å². The highest BCUT2D eigenvalue weighted by Gasteiger charge is 1.90. The van der Waals surface area contributed by atoms with Crippen molar-refractivity contribution in [1.29, 1.82) is 0 Å². The van der Waals surface area contributed by atoms with E-state index < -0.39 is 0 Å². The lowest BCUT2D eigenvalue weighted by molar-refractivity contribution is 0.566. The summed E-state index contributed by atoms with van der Waals surface area (Å²) >= 11 is 0. The lowest BCUT2D eigenvalue weighted by Gasteiger charge is -2.00. The topological polar surface area (TPSA) is 0 Å². The first kappa shape index (κ1) is 16.2. The Morgan fingerprint density at radius 1 is 0.706 bits per heavy atom. The molecule has 0 bridgehead atoms. The number of allylic oxidation sites excluding steroid dienone is 5. The Morgan fingerprint density at radius 3 is 1.88 bits per heavy atom. The Morgan fingerprint density at radius 2 is 1.29 bits per heavy atom. The van der Waals surface area contributed by atoms with Gasteiger partial charge in [-0.25, -0.2) is 0 Å². The molecule has 0 aliphatic rings. The van der Waals surface area contributed by atoms with Gasteiger partial charge in [0.1, 0.15) is 0 Å². The zero-order chi connectivity index (χ0) is 12.6. The Bertz CT molecular complexity index is 198. The van der Waals surface area contributed by atoms with E-state index >= 15 is 0 Å². The average molecular weight is 234 g/mol. The van der Waals surface area contributed by atoms with Crippen LogP contribution in [0.4, 0.5) is 0 Å².